The minimum atomic E-state index is -0.537. The highest BCUT2D eigenvalue weighted by Crippen LogP contribution is 2.30. The minimum absolute atomic E-state index is 0.0416. The number of benzene rings is 1. The third-order valence-corrected chi connectivity index (χ3v) is 3.88. The molecule has 2 unspecified atom stereocenters. The Kier molecular flexibility index (Phi) is 4.53. The van der Waals surface area contributed by atoms with Crippen LogP contribution in [-0.2, 0) is 11.2 Å². The van der Waals surface area contributed by atoms with Gasteiger partial charge >= 0.3 is 0 Å². The molecule has 2 atom stereocenters. The Hall–Kier alpha value is -1.00. The lowest BCUT2D eigenvalue weighted by Crippen LogP contribution is -2.49. The van der Waals surface area contributed by atoms with Crippen LogP contribution in [0.4, 0.5) is 8.78 Å². The lowest BCUT2D eigenvalue weighted by molar-refractivity contribution is -0.0112. The van der Waals surface area contributed by atoms with Crippen molar-refractivity contribution in [2.24, 2.45) is 0 Å². The van der Waals surface area contributed by atoms with Crippen molar-refractivity contribution < 1.29 is 13.5 Å². The van der Waals surface area contributed by atoms with Crippen LogP contribution in [-0.4, -0.2) is 24.8 Å². The molecule has 0 aromatic heterocycles. The van der Waals surface area contributed by atoms with E-state index >= 15 is 0 Å². The number of hydrogen-bond acceptors (Lipinski definition) is 2. The van der Waals surface area contributed by atoms with Gasteiger partial charge in [-0.05, 0) is 44.4 Å². The van der Waals surface area contributed by atoms with Gasteiger partial charge in [-0.3, -0.25) is 0 Å². The summed E-state index contributed by atoms with van der Waals surface area (Å²) in [5, 5.41) is 3.37. The molecule has 106 valence electrons. The number of likely N-dealkylation sites (N-methyl/N-ethyl adjacent to an activating group) is 1. The Morgan fingerprint density at radius 1 is 1.42 bits per heavy atom. The second-order valence-electron chi connectivity index (χ2n) is 5.31. The third kappa shape index (κ3) is 3.31. The predicted octanol–water partition coefficient (Wildman–Crippen LogP) is 3.05. The van der Waals surface area contributed by atoms with Crippen molar-refractivity contribution in [3.05, 3.63) is 35.4 Å². The van der Waals surface area contributed by atoms with E-state index in [9.17, 15) is 8.78 Å². The van der Waals surface area contributed by atoms with Gasteiger partial charge in [0, 0.05) is 18.7 Å². The van der Waals surface area contributed by atoms with Crippen molar-refractivity contribution in [1.29, 1.82) is 0 Å². The average molecular weight is 269 g/mol. The largest absolute Gasteiger partial charge is 0.374 e. The lowest BCUT2D eigenvalue weighted by atomic mass is 9.88. The first-order valence-electron chi connectivity index (χ1n) is 6.86. The van der Waals surface area contributed by atoms with E-state index in [1.54, 1.807) is 0 Å². The summed E-state index contributed by atoms with van der Waals surface area (Å²) >= 11 is 0. The van der Waals surface area contributed by atoms with Crippen LogP contribution in [0, 0.1) is 11.6 Å². The number of halogens is 2. The molecule has 1 N–H and O–H groups in total. The summed E-state index contributed by atoms with van der Waals surface area (Å²) in [6.45, 7) is 5.64. The average Bonchev–Trinajstić information content (AvgIpc) is 2.80. The fraction of sp³-hybridized carbons (Fsp3) is 0.600. The smallest absolute Gasteiger partial charge is 0.129 e. The zero-order chi connectivity index (χ0) is 13.9. The zero-order valence-corrected chi connectivity index (χ0v) is 11.5. The van der Waals surface area contributed by atoms with Gasteiger partial charge in [-0.1, -0.05) is 13.0 Å². The molecule has 2 nitrogen and oxygen atoms in total. The van der Waals surface area contributed by atoms with E-state index in [-0.39, 0.29) is 11.6 Å². The first kappa shape index (κ1) is 14.4. The van der Waals surface area contributed by atoms with E-state index in [0.717, 1.165) is 32.1 Å². The molecule has 1 saturated heterocycles. The number of rotatable bonds is 5. The van der Waals surface area contributed by atoms with Gasteiger partial charge in [0.25, 0.3) is 0 Å². The van der Waals surface area contributed by atoms with Gasteiger partial charge in [-0.25, -0.2) is 8.78 Å². The molecule has 0 spiro atoms. The summed E-state index contributed by atoms with van der Waals surface area (Å²) in [6, 6.07) is 3.81. The van der Waals surface area contributed by atoms with Crippen LogP contribution in [0.25, 0.3) is 0 Å². The van der Waals surface area contributed by atoms with E-state index in [4.69, 9.17) is 4.74 Å². The van der Waals surface area contributed by atoms with Gasteiger partial charge in [0.15, 0.2) is 0 Å². The van der Waals surface area contributed by atoms with Crippen LogP contribution in [0.2, 0.25) is 0 Å². The van der Waals surface area contributed by atoms with E-state index < -0.39 is 11.6 Å². The molecule has 4 heteroatoms. The fourth-order valence-electron chi connectivity index (χ4n) is 2.73. The number of ether oxygens (including phenoxy) is 1. The van der Waals surface area contributed by atoms with E-state index in [1.807, 2.05) is 6.92 Å². The lowest BCUT2D eigenvalue weighted by Gasteiger charge is -2.34. The normalized spacial score (nSPS) is 24.6. The topological polar surface area (TPSA) is 21.3 Å². The maximum atomic E-state index is 13.8. The van der Waals surface area contributed by atoms with Gasteiger partial charge in [-0.15, -0.1) is 0 Å². The number of nitrogens with one attached hydrogen (secondary N) is 1. The SMILES string of the molecule is CCNC(Cc1ccc(F)cc1F)C1(C)CCCO1. The van der Waals surface area contributed by atoms with E-state index in [2.05, 4.69) is 12.2 Å². The molecule has 19 heavy (non-hydrogen) atoms. The second kappa shape index (κ2) is 5.97. The van der Waals surface area contributed by atoms with Crippen molar-refractivity contribution in [2.75, 3.05) is 13.2 Å². The zero-order valence-electron chi connectivity index (χ0n) is 11.5. The Balaban J connectivity index is 2.16. The summed E-state index contributed by atoms with van der Waals surface area (Å²) < 4.78 is 32.5. The highest BCUT2D eigenvalue weighted by molar-refractivity contribution is 5.20. The van der Waals surface area contributed by atoms with Crippen molar-refractivity contribution in [1.82, 2.24) is 5.32 Å². The summed E-state index contributed by atoms with van der Waals surface area (Å²) in [6.07, 6.45) is 2.51. The maximum Gasteiger partial charge on any atom is 0.129 e. The Morgan fingerprint density at radius 2 is 2.21 bits per heavy atom. The molecule has 1 fully saturated rings. The quantitative estimate of drug-likeness (QED) is 0.887. The van der Waals surface area contributed by atoms with Gasteiger partial charge in [0.2, 0.25) is 0 Å². The highest BCUT2D eigenvalue weighted by Gasteiger charge is 2.38. The summed E-state index contributed by atoms with van der Waals surface area (Å²) in [7, 11) is 0. The number of hydrogen-bond donors (Lipinski definition) is 1. The van der Waals surface area contributed by atoms with E-state index in [0.29, 0.717) is 12.0 Å². The van der Waals surface area contributed by atoms with Gasteiger partial charge in [0.1, 0.15) is 11.6 Å². The highest BCUT2D eigenvalue weighted by atomic mass is 19.1. The van der Waals surface area contributed by atoms with Crippen molar-refractivity contribution in [3.8, 4) is 0 Å². The van der Waals surface area contributed by atoms with Crippen LogP contribution in [0.5, 0.6) is 0 Å². The molecule has 1 aromatic carbocycles. The third-order valence-electron chi connectivity index (χ3n) is 3.88. The van der Waals surface area contributed by atoms with Crippen molar-refractivity contribution in [3.63, 3.8) is 0 Å². The van der Waals surface area contributed by atoms with Crippen LogP contribution in [0.3, 0.4) is 0 Å². The molecular weight excluding hydrogens is 248 g/mol. The summed E-state index contributed by atoms with van der Waals surface area (Å²) in [5.41, 5.74) is 0.265. The predicted molar refractivity (Wildman–Crippen MR) is 71.1 cm³/mol. The monoisotopic (exact) mass is 269 g/mol. The maximum absolute atomic E-state index is 13.8. The van der Waals surface area contributed by atoms with Crippen molar-refractivity contribution >= 4 is 0 Å². The van der Waals surface area contributed by atoms with Crippen LogP contribution >= 0.6 is 0 Å². The Labute approximate surface area is 113 Å². The Morgan fingerprint density at radius 3 is 2.79 bits per heavy atom. The molecule has 0 radical (unpaired) electrons. The molecule has 1 aliphatic rings. The van der Waals surface area contributed by atoms with Crippen molar-refractivity contribution in [2.45, 2.75) is 44.8 Å². The molecule has 0 aliphatic carbocycles. The van der Waals surface area contributed by atoms with E-state index in [1.165, 1.54) is 12.1 Å². The minimum Gasteiger partial charge on any atom is -0.374 e. The van der Waals surface area contributed by atoms with Gasteiger partial charge in [0.05, 0.1) is 5.60 Å². The summed E-state index contributed by atoms with van der Waals surface area (Å²) in [5.74, 6) is -1.02. The fourth-order valence-corrected chi connectivity index (χ4v) is 2.73. The van der Waals surface area contributed by atoms with Gasteiger partial charge < -0.3 is 10.1 Å². The Bertz CT molecular complexity index is 430. The molecule has 1 aliphatic heterocycles. The summed E-state index contributed by atoms with van der Waals surface area (Å²) in [4.78, 5) is 0. The second-order valence-corrected chi connectivity index (χ2v) is 5.31. The standard InChI is InChI=1S/C15H21F2NO/c1-3-18-14(15(2)7-4-8-19-15)9-11-5-6-12(16)10-13(11)17/h5-6,10,14,18H,3-4,7-9H2,1-2H3. The molecule has 2 rings (SSSR count). The first-order valence-corrected chi connectivity index (χ1v) is 6.86. The molecule has 0 amide bonds. The van der Waals surface area contributed by atoms with Crippen LogP contribution in [0.1, 0.15) is 32.3 Å². The first-order chi connectivity index (χ1) is 9.05. The molecule has 1 heterocycles. The van der Waals surface area contributed by atoms with Gasteiger partial charge in [-0.2, -0.15) is 0 Å². The molecule has 1 aromatic rings. The molecule has 0 saturated carbocycles. The van der Waals surface area contributed by atoms with Crippen LogP contribution < -0.4 is 5.32 Å². The molecule has 0 bridgehead atoms. The molecular formula is C15H21F2NO. The van der Waals surface area contributed by atoms with Crippen LogP contribution in [0.15, 0.2) is 18.2 Å².